The predicted molar refractivity (Wildman–Crippen MR) is 106 cm³/mol. The van der Waals surface area contributed by atoms with Crippen LogP contribution in [0.1, 0.15) is 44.5 Å². The zero-order valence-corrected chi connectivity index (χ0v) is 16.8. The molecule has 28 heavy (non-hydrogen) atoms. The first kappa shape index (κ1) is 19.9. The van der Waals surface area contributed by atoms with Gasteiger partial charge in [-0.25, -0.2) is 4.79 Å². The van der Waals surface area contributed by atoms with Crippen LogP contribution >= 0.6 is 11.3 Å². The van der Waals surface area contributed by atoms with Crippen LogP contribution in [0.3, 0.4) is 0 Å². The van der Waals surface area contributed by atoms with E-state index in [1.807, 2.05) is 0 Å². The Kier molecular flexibility index (Phi) is 5.99. The van der Waals surface area contributed by atoms with Gasteiger partial charge in [-0.3, -0.25) is 14.9 Å². The van der Waals surface area contributed by atoms with Crippen LogP contribution in [0.4, 0.5) is 9.80 Å². The van der Waals surface area contributed by atoms with E-state index in [0.717, 1.165) is 29.7 Å². The highest BCUT2D eigenvalue weighted by molar-refractivity contribution is 7.17. The Bertz CT molecular complexity index is 921. The molecule has 1 aliphatic carbocycles. The zero-order chi connectivity index (χ0) is 20.3. The van der Waals surface area contributed by atoms with E-state index in [-0.39, 0.29) is 5.91 Å². The second-order valence-electron chi connectivity index (χ2n) is 6.69. The summed E-state index contributed by atoms with van der Waals surface area (Å²) < 4.78 is 9.69. The Morgan fingerprint density at radius 2 is 1.96 bits per heavy atom. The number of benzene rings is 1. The molecule has 3 rings (SSSR count). The molecular weight excluding hydrogens is 380 g/mol. The number of carbonyl (C=O) groups excluding carboxylic acids is 3. The molecule has 2 N–H and O–H groups in total. The number of alkyl carbamates (subject to hydrolysis) is 1. The molecular formula is C20H22N2O5S. The van der Waals surface area contributed by atoms with E-state index < -0.39 is 12.0 Å². The van der Waals surface area contributed by atoms with Crippen LogP contribution in [0.25, 0.3) is 0 Å². The molecule has 3 amide bonds. The van der Waals surface area contributed by atoms with Gasteiger partial charge in [-0.15, -0.1) is 11.3 Å². The van der Waals surface area contributed by atoms with Crippen molar-refractivity contribution in [3.05, 3.63) is 45.8 Å². The largest absolute Gasteiger partial charge is 0.497 e. The maximum Gasteiger partial charge on any atom is 0.413 e. The van der Waals surface area contributed by atoms with Crippen molar-refractivity contribution in [1.82, 2.24) is 5.32 Å². The molecule has 0 saturated carbocycles. The van der Waals surface area contributed by atoms with Gasteiger partial charge in [0.15, 0.2) is 0 Å². The van der Waals surface area contributed by atoms with Gasteiger partial charge in [-0.05, 0) is 48.9 Å². The lowest BCUT2D eigenvalue weighted by Crippen LogP contribution is -2.31. The van der Waals surface area contributed by atoms with E-state index >= 15 is 0 Å². The molecule has 0 bridgehead atoms. The lowest BCUT2D eigenvalue weighted by molar-refractivity contribution is 0.0937. The predicted octanol–water partition coefficient (Wildman–Crippen LogP) is 3.63. The SMILES string of the molecule is COC(=O)NC(=O)c1c(NC(=O)c2cccc(OC)c2)sc2c1CC[C@@H](C)C2. The van der Waals surface area contributed by atoms with E-state index in [0.29, 0.717) is 27.8 Å². The monoisotopic (exact) mass is 402 g/mol. The first-order chi connectivity index (χ1) is 13.4. The van der Waals surface area contributed by atoms with Gasteiger partial charge in [-0.2, -0.15) is 0 Å². The minimum absolute atomic E-state index is 0.341. The molecule has 0 saturated heterocycles. The second-order valence-corrected chi connectivity index (χ2v) is 7.79. The van der Waals surface area contributed by atoms with Crippen molar-refractivity contribution in [1.29, 1.82) is 0 Å². The Morgan fingerprint density at radius 1 is 1.18 bits per heavy atom. The van der Waals surface area contributed by atoms with Crippen LogP contribution in [-0.2, 0) is 17.6 Å². The van der Waals surface area contributed by atoms with Crippen molar-refractivity contribution >= 4 is 34.2 Å². The number of fused-ring (bicyclic) bond motifs is 1. The molecule has 8 heteroatoms. The number of rotatable bonds is 4. The molecule has 1 aromatic heterocycles. The van der Waals surface area contributed by atoms with Crippen molar-refractivity contribution < 1.29 is 23.9 Å². The quantitative estimate of drug-likeness (QED) is 0.815. The number of carbonyl (C=O) groups is 3. The highest BCUT2D eigenvalue weighted by Gasteiger charge is 2.29. The molecule has 0 unspecified atom stereocenters. The summed E-state index contributed by atoms with van der Waals surface area (Å²) in [6.45, 7) is 2.16. The summed E-state index contributed by atoms with van der Waals surface area (Å²) in [5, 5.41) is 5.47. The van der Waals surface area contributed by atoms with Gasteiger partial charge >= 0.3 is 6.09 Å². The summed E-state index contributed by atoms with van der Waals surface area (Å²) in [5.74, 6) is 0.151. The van der Waals surface area contributed by atoms with Gasteiger partial charge in [0, 0.05) is 10.4 Å². The molecule has 148 valence electrons. The smallest absolute Gasteiger partial charge is 0.413 e. The Labute approximate surface area is 167 Å². The summed E-state index contributed by atoms with van der Waals surface area (Å²) in [6, 6.07) is 6.76. The molecule has 1 heterocycles. The zero-order valence-electron chi connectivity index (χ0n) is 16.0. The van der Waals surface area contributed by atoms with Crippen LogP contribution in [-0.4, -0.2) is 32.1 Å². The van der Waals surface area contributed by atoms with Crippen molar-refractivity contribution in [3.63, 3.8) is 0 Å². The Balaban J connectivity index is 1.94. The van der Waals surface area contributed by atoms with Gasteiger partial charge in [0.2, 0.25) is 0 Å². The number of anilines is 1. The normalized spacial score (nSPS) is 15.3. The number of methoxy groups -OCH3 is 2. The maximum absolute atomic E-state index is 12.7. The van der Waals surface area contributed by atoms with E-state index in [1.165, 1.54) is 25.6 Å². The molecule has 0 spiro atoms. The highest BCUT2D eigenvalue weighted by atomic mass is 32.1. The number of imide groups is 1. The number of amides is 3. The second kappa shape index (κ2) is 8.43. The molecule has 1 atom stereocenters. The highest BCUT2D eigenvalue weighted by Crippen LogP contribution is 2.39. The number of thiophene rings is 1. The van der Waals surface area contributed by atoms with Gasteiger partial charge in [0.1, 0.15) is 10.8 Å². The molecule has 7 nitrogen and oxygen atoms in total. The first-order valence-corrected chi connectivity index (χ1v) is 9.73. The summed E-state index contributed by atoms with van der Waals surface area (Å²) in [7, 11) is 2.72. The van der Waals surface area contributed by atoms with Gasteiger partial charge in [0.25, 0.3) is 11.8 Å². The van der Waals surface area contributed by atoms with Crippen molar-refractivity contribution in [2.45, 2.75) is 26.2 Å². The average Bonchev–Trinajstić information content (AvgIpc) is 3.04. The third-order valence-electron chi connectivity index (χ3n) is 4.70. The molecule has 0 aliphatic heterocycles. The van der Waals surface area contributed by atoms with E-state index in [2.05, 4.69) is 22.3 Å². The summed E-state index contributed by atoms with van der Waals surface area (Å²) in [5.41, 5.74) is 1.65. The van der Waals surface area contributed by atoms with Crippen LogP contribution in [0.15, 0.2) is 24.3 Å². The van der Waals surface area contributed by atoms with Crippen LogP contribution < -0.4 is 15.4 Å². The number of hydrogen-bond acceptors (Lipinski definition) is 6. The molecule has 1 aliphatic rings. The van der Waals surface area contributed by atoms with Crippen LogP contribution in [0.2, 0.25) is 0 Å². The standard InChI is InChI=1S/C20H22N2O5S/c1-11-7-8-14-15(9-11)28-19(16(14)18(24)22-20(25)27-3)21-17(23)12-5-4-6-13(10-12)26-2/h4-6,10-11H,7-9H2,1-3H3,(H,21,23)(H,22,24,25)/t11-/m1/s1. The fourth-order valence-corrected chi connectivity index (χ4v) is 4.63. The van der Waals surface area contributed by atoms with Gasteiger partial charge in [-0.1, -0.05) is 13.0 Å². The van der Waals surface area contributed by atoms with Crippen molar-refractivity contribution in [2.24, 2.45) is 5.92 Å². The summed E-state index contributed by atoms with van der Waals surface area (Å²) in [6.07, 6.45) is 1.68. The first-order valence-electron chi connectivity index (χ1n) is 8.92. The lowest BCUT2D eigenvalue weighted by Gasteiger charge is -2.18. The average molecular weight is 402 g/mol. The van der Waals surface area contributed by atoms with Gasteiger partial charge in [0.05, 0.1) is 19.8 Å². The summed E-state index contributed by atoms with van der Waals surface area (Å²) >= 11 is 1.39. The molecule has 1 aromatic carbocycles. The minimum Gasteiger partial charge on any atom is -0.497 e. The topological polar surface area (TPSA) is 93.7 Å². The van der Waals surface area contributed by atoms with E-state index in [4.69, 9.17) is 4.74 Å². The lowest BCUT2D eigenvalue weighted by atomic mass is 9.88. The van der Waals surface area contributed by atoms with E-state index in [1.54, 1.807) is 24.3 Å². The number of nitrogens with one attached hydrogen (secondary N) is 2. The van der Waals surface area contributed by atoms with E-state index in [9.17, 15) is 14.4 Å². The van der Waals surface area contributed by atoms with Crippen LogP contribution in [0, 0.1) is 5.92 Å². The fourth-order valence-electron chi connectivity index (χ4n) is 3.22. The molecule has 0 radical (unpaired) electrons. The van der Waals surface area contributed by atoms with Crippen molar-refractivity contribution in [2.75, 3.05) is 19.5 Å². The third kappa shape index (κ3) is 4.17. The molecule has 0 fully saturated rings. The summed E-state index contributed by atoms with van der Waals surface area (Å²) in [4.78, 5) is 38.0. The van der Waals surface area contributed by atoms with Crippen molar-refractivity contribution in [3.8, 4) is 5.75 Å². The van der Waals surface area contributed by atoms with Gasteiger partial charge < -0.3 is 14.8 Å². The Hall–Kier alpha value is -2.87. The number of ether oxygens (including phenoxy) is 2. The van der Waals surface area contributed by atoms with Crippen LogP contribution in [0.5, 0.6) is 5.75 Å². The fraction of sp³-hybridized carbons (Fsp3) is 0.350. The number of hydrogen-bond donors (Lipinski definition) is 2. The molecule has 2 aromatic rings. The third-order valence-corrected chi connectivity index (χ3v) is 5.87. The Morgan fingerprint density at radius 3 is 2.68 bits per heavy atom. The maximum atomic E-state index is 12.7. The minimum atomic E-state index is -0.834.